The van der Waals surface area contributed by atoms with Crippen molar-refractivity contribution < 1.29 is 4.79 Å². The van der Waals surface area contributed by atoms with E-state index in [9.17, 15) is 4.79 Å². The minimum absolute atomic E-state index is 0.000708. The molecule has 0 unspecified atom stereocenters. The Morgan fingerprint density at radius 3 is 2.62 bits per heavy atom. The topological polar surface area (TPSA) is 40.9 Å². The van der Waals surface area contributed by atoms with Crippen molar-refractivity contribution in [1.29, 1.82) is 5.26 Å². The molecule has 0 fully saturated rings. The van der Waals surface area contributed by atoms with Crippen molar-refractivity contribution in [3.05, 3.63) is 31.3 Å². The Labute approximate surface area is 98.2 Å². The van der Waals surface area contributed by atoms with Crippen LogP contribution < -0.4 is 0 Å². The average Bonchev–Trinajstić information content (AvgIpc) is 2.02. The number of nitriles is 1. The summed E-state index contributed by atoms with van der Waals surface area (Å²) in [7, 11) is 0. The summed E-state index contributed by atoms with van der Waals surface area (Å²) >= 11 is 5.31. The van der Waals surface area contributed by atoms with Gasteiger partial charge >= 0.3 is 0 Å². The van der Waals surface area contributed by atoms with E-state index in [0.717, 1.165) is 3.57 Å². The summed E-state index contributed by atoms with van der Waals surface area (Å²) in [5.74, 6) is 0.000708. The first-order valence-electron chi connectivity index (χ1n) is 3.46. The van der Waals surface area contributed by atoms with Crippen LogP contribution in [-0.4, -0.2) is 5.78 Å². The number of hydrogen-bond donors (Lipinski definition) is 0. The molecule has 0 aliphatic rings. The molecule has 2 nitrogen and oxygen atoms in total. The Kier molecular flexibility index (Phi) is 3.45. The van der Waals surface area contributed by atoms with E-state index in [2.05, 4.69) is 15.9 Å². The fourth-order valence-corrected chi connectivity index (χ4v) is 3.09. The zero-order chi connectivity index (χ0) is 10.0. The number of nitrogens with zero attached hydrogens (tertiary/aromatic N) is 1. The van der Waals surface area contributed by atoms with E-state index in [0.29, 0.717) is 15.6 Å². The Hall–Kier alpha value is -0.410. The van der Waals surface area contributed by atoms with Crippen LogP contribution in [0, 0.1) is 14.9 Å². The summed E-state index contributed by atoms with van der Waals surface area (Å²) in [6.45, 7) is 1.51. The van der Waals surface area contributed by atoms with E-state index < -0.39 is 0 Å². The lowest BCUT2D eigenvalue weighted by molar-refractivity contribution is 0.101. The van der Waals surface area contributed by atoms with Gasteiger partial charge in [-0.25, -0.2) is 0 Å². The van der Waals surface area contributed by atoms with Crippen LogP contribution in [0.4, 0.5) is 0 Å². The maximum atomic E-state index is 11.2. The van der Waals surface area contributed by atoms with Gasteiger partial charge in [-0.3, -0.25) is 4.79 Å². The highest BCUT2D eigenvalue weighted by Crippen LogP contribution is 2.24. The number of benzene rings is 1. The molecule has 0 radical (unpaired) electrons. The van der Waals surface area contributed by atoms with Gasteiger partial charge in [0, 0.05) is 13.6 Å². The van der Waals surface area contributed by atoms with Gasteiger partial charge in [0.15, 0.2) is 5.78 Å². The molecule has 13 heavy (non-hydrogen) atoms. The fourth-order valence-electron chi connectivity index (χ4n) is 0.974. The molecule has 1 rings (SSSR count). The third-order valence-electron chi connectivity index (χ3n) is 1.52. The molecule has 0 saturated carbocycles. The molecule has 0 aromatic heterocycles. The molecule has 0 aliphatic heterocycles. The van der Waals surface area contributed by atoms with Gasteiger partial charge in [0.1, 0.15) is 0 Å². The number of carbonyl (C=O) groups is 1. The van der Waals surface area contributed by atoms with E-state index in [1.807, 2.05) is 28.7 Å². The first kappa shape index (κ1) is 10.7. The van der Waals surface area contributed by atoms with Crippen LogP contribution in [0.15, 0.2) is 16.6 Å². The lowest BCUT2D eigenvalue weighted by atomic mass is 10.1. The molecule has 0 atom stereocenters. The molecular formula is C9H5BrINO. The van der Waals surface area contributed by atoms with Crippen molar-refractivity contribution in [3.63, 3.8) is 0 Å². The number of carbonyl (C=O) groups excluding carboxylic acids is 1. The molecule has 1 aromatic carbocycles. The largest absolute Gasteiger partial charge is 0.294 e. The van der Waals surface area contributed by atoms with Crippen LogP contribution in [0.5, 0.6) is 0 Å². The number of rotatable bonds is 1. The van der Waals surface area contributed by atoms with Crippen molar-refractivity contribution >= 4 is 44.3 Å². The normalized spacial score (nSPS) is 9.38. The van der Waals surface area contributed by atoms with Crippen molar-refractivity contribution in [1.82, 2.24) is 0 Å². The highest BCUT2D eigenvalue weighted by Gasteiger charge is 2.10. The van der Waals surface area contributed by atoms with Crippen LogP contribution in [0.25, 0.3) is 0 Å². The van der Waals surface area contributed by atoms with Crippen molar-refractivity contribution in [2.45, 2.75) is 6.92 Å². The van der Waals surface area contributed by atoms with Crippen LogP contribution in [0.3, 0.4) is 0 Å². The Balaban J connectivity index is 3.42. The monoisotopic (exact) mass is 349 g/mol. The minimum atomic E-state index is 0.000708. The molecule has 0 aliphatic carbocycles. The van der Waals surface area contributed by atoms with Crippen molar-refractivity contribution in [3.8, 4) is 6.07 Å². The van der Waals surface area contributed by atoms with Crippen LogP contribution in [0.1, 0.15) is 22.8 Å². The summed E-state index contributed by atoms with van der Waals surface area (Å²) < 4.78 is 1.49. The van der Waals surface area contributed by atoms with E-state index in [4.69, 9.17) is 5.26 Å². The van der Waals surface area contributed by atoms with Crippen molar-refractivity contribution in [2.75, 3.05) is 0 Å². The third-order valence-corrected chi connectivity index (χ3v) is 3.00. The van der Waals surface area contributed by atoms with Gasteiger partial charge in [-0.15, -0.1) is 0 Å². The number of hydrogen-bond acceptors (Lipinski definition) is 2. The van der Waals surface area contributed by atoms with E-state index in [-0.39, 0.29) is 5.78 Å². The predicted molar refractivity (Wildman–Crippen MR) is 61.6 cm³/mol. The molecule has 66 valence electrons. The Bertz CT molecular complexity index is 386. The zero-order valence-electron chi connectivity index (χ0n) is 6.77. The van der Waals surface area contributed by atoms with Gasteiger partial charge in [-0.2, -0.15) is 5.26 Å². The molecule has 0 bridgehead atoms. The molecule has 0 heterocycles. The highest BCUT2D eigenvalue weighted by atomic mass is 127. The van der Waals surface area contributed by atoms with Crippen LogP contribution in [0.2, 0.25) is 0 Å². The lowest BCUT2D eigenvalue weighted by Crippen LogP contribution is -1.98. The summed E-state index contributed by atoms with van der Waals surface area (Å²) in [5, 5.41) is 8.66. The number of Topliss-reactive ketones (excluding diaryl/α,β-unsaturated/α-hetero) is 1. The smallest absolute Gasteiger partial charge is 0.162 e. The average molecular weight is 350 g/mol. The molecular weight excluding hydrogens is 345 g/mol. The summed E-state index contributed by atoms with van der Waals surface area (Å²) in [6.07, 6.45) is 0. The maximum absolute atomic E-state index is 11.2. The van der Waals surface area contributed by atoms with Gasteiger partial charge in [0.2, 0.25) is 0 Å². The highest BCUT2D eigenvalue weighted by molar-refractivity contribution is 14.1. The maximum Gasteiger partial charge on any atom is 0.162 e. The summed E-state index contributed by atoms with van der Waals surface area (Å²) in [6, 6.07) is 5.38. The van der Waals surface area contributed by atoms with E-state index in [1.165, 1.54) is 6.92 Å². The third kappa shape index (κ3) is 2.29. The van der Waals surface area contributed by atoms with Crippen LogP contribution in [-0.2, 0) is 0 Å². The quantitative estimate of drug-likeness (QED) is 0.577. The van der Waals surface area contributed by atoms with Gasteiger partial charge in [0.05, 0.1) is 11.6 Å². The Morgan fingerprint density at radius 2 is 2.23 bits per heavy atom. The van der Waals surface area contributed by atoms with Gasteiger partial charge in [-0.1, -0.05) is 0 Å². The molecule has 0 amide bonds. The Morgan fingerprint density at radius 1 is 1.62 bits per heavy atom. The molecule has 0 N–H and O–H groups in total. The van der Waals surface area contributed by atoms with E-state index >= 15 is 0 Å². The SMILES string of the molecule is CC(=O)c1c(Br)cc(C#N)cc1I. The first-order valence-corrected chi connectivity index (χ1v) is 5.33. The number of halogens is 2. The second kappa shape index (κ2) is 4.20. The van der Waals surface area contributed by atoms with Gasteiger partial charge in [-0.05, 0) is 57.6 Å². The van der Waals surface area contributed by atoms with E-state index in [1.54, 1.807) is 12.1 Å². The lowest BCUT2D eigenvalue weighted by Gasteiger charge is -2.03. The molecule has 4 heteroatoms. The van der Waals surface area contributed by atoms with Gasteiger partial charge < -0.3 is 0 Å². The predicted octanol–water partition coefficient (Wildman–Crippen LogP) is 3.13. The fraction of sp³-hybridized carbons (Fsp3) is 0.111. The zero-order valence-corrected chi connectivity index (χ0v) is 10.5. The first-order chi connectivity index (χ1) is 6.06. The van der Waals surface area contributed by atoms with Crippen molar-refractivity contribution in [2.24, 2.45) is 0 Å². The summed E-state index contributed by atoms with van der Waals surface area (Å²) in [5.41, 5.74) is 1.20. The molecule has 1 aromatic rings. The molecule has 0 spiro atoms. The second-order valence-electron chi connectivity index (χ2n) is 2.48. The standard InChI is InChI=1S/C9H5BrINO/c1-5(13)9-7(10)2-6(4-12)3-8(9)11/h2-3H,1H3. The summed E-state index contributed by atoms with van der Waals surface area (Å²) in [4.78, 5) is 11.2. The number of ketones is 1. The molecule has 0 saturated heterocycles. The second-order valence-corrected chi connectivity index (χ2v) is 4.50. The van der Waals surface area contributed by atoms with Gasteiger partial charge in [0.25, 0.3) is 0 Å². The van der Waals surface area contributed by atoms with Crippen LogP contribution >= 0.6 is 38.5 Å². The minimum Gasteiger partial charge on any atom is -0.294 e.